The number of likely N-dealkylation sites (tertiary alicyclic amines) is 1. The van der Waals surface area contributed by atoms with Gasteiger partial charge in [-0.05, 0) is 61.4 Å². The minimum atomic E-state index is -1.37. The Balaban J connectivity index is 1.14. The normalized spacial score (nSPS) is 16.4. The number of hydrogen-bond donors (Lipinski definition) is 3. The van der Waals surface area contributed by atoms with Crippen LogP contribution < -0.4 is 11.1 Å². The first-order valence-electron chi connectivity index (χ1n) is 14.7. The van der Waals surface area contributed by atoms with E-state index < -0.39 is 29.9 Å². The number of halogens is 1. The zero-order valence-electron chi connectivity index (χ0n) is 25.0. The summed E-state index contributed by atoms with van der Waals surface area (Å²) in [6, 6.07) is 15.8. The molecule has 3 amide bonds. The summed E-state index contributed by atoms with van der Waals surface area (Å²) >= 11 is 1.69. The molecule has 0 spiro atoms. The number of aryl methyl sites for hydroxylation is 2. The van der Waals surface area contributed by atoms with Gasteiger partial charge in [0.1, 0.15) is 18.8 Å². The number of rotatable bonds is 7. The molecule has 6 aromatic rings. The van der Waals surface area contributed by atoms with Crippen molar-refractivity contribution >= 4 is 56.6 Å². The molecule has 46 heavy (non-hydrogen) atoms. The molecule has 1 aliphatic rings. The van der Waals surface area contributed by atoms with Gasteiger partial charge in [0.2, 0.25) is 11.8 Å². The molecule has 4 aromatic heterocycles. The molecule has 0 bridgehead atoms. The molecule has 13 heteroatoms. The van der Waals surface area contributed by atoms with E-state index >= 15 is 0 Å². The molecule has 4 N–H and O–H groups in total. The van der Waals surface area contributed by atoms with E-state index in [2.05, 4.69) is 45.5 Å². The van der Waals surface area contributed by atoms with Crippen LogP contribution in [0.5, 0.6) is 0 Å². The van der Waals surface area contributed by atoms with Gasteiger partial charge in [-0.1, -0.05) is 18.2 Å². The third-order valence-corrected chi connectivity index (χ3v) is 9.59. The van der Waals surface area contributed by atoms with E-state index in [1.807, 2.05) is 24.3 Å². The Morgan fingerprint density at radius 1 is 1.09 bits per heavy atom. The summed E-state index contributed by atoms with van der Waals surface area (Å²) in [6.45, 7) is 3.60. The van der Waals surface area contributed by atoms with Crippen molar-refractivity contribution < 1.29 is 18.8 Å². The second-order valence-electron chi connectivity index (χ2n) is 11.4. The van der Waals surface area contributed by atoms with Crippen molar-refractivity contribution in [2.24, 2.45) is 5.73 Å². The molecule has 232 valence electrons. The molecule has 0 radical (unpaired) electrons. The monoisotopic (exact) mass is 636 g/mol. The van der Waals surface area contributed by atoms with Crippen LogP contribution >= 0.6 is 11.3 Å². The van der Waals surface area contributed by atoms with Gasteiger partial charge in [0, 0.05) is 27.6 Å². The highest BCUT2D eigenvalue weighted by Crippen LogP contribution is 2.35. The first-order chi connectivity index (χ1) is 22.2. The molecule has 5 heterocycles. The van der Waals surface area contributed by atoms with E-state index in [0.29, 0.717) is 16.6 Å². The number of primary amides is 1. The number of hydrogen-bond acceptors (Lipinski definition) is 7. The van der Waals surface area contributed by atoms with Gasteiger partial charge in [-0.25, -0.2) is 4.39 Å². The van der Waals surface area contributed by atoms with E-state index in [9.17, 15) is 18.8 Å². The maximum atomic E-state index is 14.8. The fourth-order valence-electron chi connectivity index (χ4n) is 5.97. The molecule has 1 saturated heterocycles. The van der Waals surface area contributed by atoms with Crippen LogP contribution in [-0.2, 0) is 16.1 Å². The molecule has 1 aliphatic heterocycles. The lowest BCUT2D eigenvalue weighted by Gasteiger charge is -2.24. The number of nitrogens with zero attached hydrogens (tertiary/aromatic N) is 5. The van der Waals surface area contributed by atoms with E-state index in [1.54, 1.807) is 48.0 Å². The molecule has 2 atom stereocenters. The lowest BCUT2D eigenvalue weighted by Crippen LogP contribution is -2.44. The standard InChI is InChI=1S/C33H29FN8O3S/c1-17-10-28(46-18(17)2)25-12-20-4-3-5-24(30(20)38-25)39-33(45)27-13-22(34)15-41(27)29(43)16-42-26-7-6-19(21-8-9-36-37-14-21)11-23(26)31(40-42)32(35)44/h3-12,14,22,27,38H,13,15-16H2,1-2H3,(H2,35,44)(H,39,45). The predicted octanol–water partition coefficient (Wildman–Crippen LogP) is 5.00. The number of benzene rings is 2. The number of aromatic nitrogens is 5. The Hall–Kier alpha value is -5.43. The zero-order valence-corrected chi connectivity index (χ0v) is 25.8. The van der Waals surface area contributed by atoms with E-state index in [0.717, 1.165) is 32.6 Å². The minimum absolute atomic E-state index is 0.00275. The summed E-state index contributed by atoms with van der Waals surface area (Å²) in [5.41, 5.74) is 11.1. The molecule has 0 saturated carbocycles. The molecule has 1 fully saturated rings. The number of carbonyl (C=O) groups excluding carboxylic acids is 3. The molecule has 11 nitrogen and oxygen atoms in total. The van der Waals surface area contributed by atoms with Crippen molar-refractivity contribution in [3.63, 3.8) is 0 Å². The second-order valence-corrected chi connectivity index (χ2v) is 12.7. The topological polar surface area (TPSA) is 152 Å². The zero-order chi connectivity index (χ0) is 32.1. The van der Waals surface area contributed by atoms with E-state index in [4.69, 9.17) is 5.73 Å². The number of amides is 3. The molecule has 7 rings (SSSR count). The Kier molecular flexibility index (Phi) is 7.32. The Bertz CT molecular complexity index is 2130. The summed E-state index contributed by atoms with van der Waals surface area (Å²) in [4.78, 5) is 46.5. The Morgan fingerprint density at radius 3 is 2.67 bits per heavy atom. The first-order valence-corrected chi connectivity index (χ1v) is 15.5. The second kappa shape index (κ2) is 11.5. The number of anilines is 1. The number of H-pyrrole nitrogens is 1. The summed E-state index contributed by atoms with van der Waals surface area (Å²) < 4.78 is 16.2. The van der Waals surface area contributed by atoms with Gasteiger partial charge in [0.15, 0.2) is 5.69 Å². The van der Waals surface area contributed by atoms with E-state index in [1.165, 1.54) is 20.0 Å². The van der Waals surface area contributed by atoms with Gasteiger partial charge in [-0.15, -0.1) is 11.3 Å². The van der Waals surface area contributed by atoms with Gasteiger partial charge < -0.3 is 20.9 Å². The van der Waals surface area contributed by atoms with Crippen LogP contribution in [0.4, 0.5) is 10.1 Å². The highest BCUT2D eigenvalue weighted by molar-refractivity contribution is 7.15. The lowest BCUT2D eigenvalue weighted by atomic mass is 10.0. The largest absolute Gasteiger partial charge is 0.364 e. The van der Waals surface area contributed by atoms with Crippen molar-refractivity contribution in [2.45, 2.75) is 39.0 Å². The molecule has 2 aromatic carbocycles. The van der Waals surface area contributed by atoms with Crippen LogP contribution in [-0.4, -0.2) is 66.3 Å². The SMILES string of the molecule is Cc1cc(-c2cc3cccc(NC(=O)C4CC(F)CN4C(=O)Cn4nc(C(N)=O)c5cc(-c6ccnnc6)ccc54)c3[nH]2)sc1C. The average molecular weight is 637 g/mol. The van der Waals surface area contributed by atoms with Gasteiger partial charge in [-0.3, -0.25) is 19.1 Å². The number of carbonyl (C=O) groups is 3. The number of aromatic amines is 1. The lowest BCUT2D eigenvalue weighted by molar-refractivity contribution is -0.137. The van der Waals surface area contributed by atoms with Crippen LogP contribution in [0.2, 0.25) is 0 Å². The summed E-state index contributed by atoms with van der Waals surface area (Å²) in [5.74, 6) is -1.75. The van der Waals surface area contributed by atoms with Crippen molar-refractivity contribution in [2.75, 3.05) is 11.9 Å². The number of thiophene rings is 1. The van der Waals surface area contributed by atoms with Gasteiger partial charge in [0.05, 0.1) is 46.2 Å². The Morgan fingerprint density at radius 2 is 1.93 bits per heavy atom. The van der Waals surface area contributed by atoms with Crippen molar-refractivity contribution in [1.29, 1.82) is 0 Å². The number of nitrogens with one attached hydrogen (secondary N) is 2. The summed E-state index contributed by atoms with van der Waals surface area (Å²) in [6.07, 6.45) is 1.64. The number of alkyl halides is 1. The Labute approximate surface area is 266 Å². The fraction of sp³-hybridized carbons (Fsp3) is 0.212. The number of para-hydroxylation sites is 1. The summed E-state index contributed by atoms with van der Waals surface area (Å²) in [5, 5.41) is 16.3. The third-order valence-electron chi connectivity index (χ3n) is 8.40. The summed E-state index contributed by atoms with van der Waals surface area (Å²) in [7, 11) is 0. The number of nitrogens with two attached hydrogens (primary N) is 1. The molecular weight excluding hydrogens is 607 g/mol. The van der Waals surface area contributed by atoms with Crippen molar-refractivity contribution in [1.82, 2.24) is 29.9 Å². The van der Waals surface area contributed by atoms with Gasteiger partial charge >= 0.3 is 0 Å². The smallest absolute Gasteiger partial charge is 0.269 e. The van der Waals surface area contributed by atoms with E-state index in [-0.39, 0.29) is 25.2 Å². The quantitative estimate of drug-likeness (QED) is 0.224. The van der Waals surface area contributed by atoms with Gasteiger partial charge in [0.25, 0.3) is 5.91 Å². The fourth-order valence-corrected chi connectivity index (χ4v) is 6.97. The molecule has 2 unspecified atom stereocenters. The highest BCUT2D eigenvalue weighted by atomic mass is 32.1. The maximum absolute atomic E-state index is 14.8. The predicted molar refractivity (Wildman–Crippen MR) is 174 cm³/mol. The van der Waals surface area contributed by atoms with Crippen molar-refractivity contribution in [3.05, 3.63) is 83.1 Å². The van der Waals surface area contributed by atoms with Crippen LogP contribution in [0.25, 0.3) is 43.5 Å². The van der Waals surface area contributed by atoms with Crippen LogP contribution in [0.3, 0.4) is 0 Å². The third kappa shape index (κ3) is 5.28. The van der Waals surface area contributed by atoms with Gasteiger partial charge in [-0.2, -0.15) is 15.3 Å². The van der Waals surface area contributed by atoms with Crippen LogP contribution in [0.1, 0.15) is 27.3 Å². The molecular formula is C33H29FN8O3S. The minimum Gasteiger partial charge on any atom is -0.364 e. The average Bonchev–Trinajstić information content (AvgIpc) is 3.82. The van der Waals surface area contributed by atoms with Crippen LogP contribution in [0.15, 0.2) is 67.0 Å². The number of fused-ring (bicyclic) bond motifs is 2. The van der Waals surface area contributed by atoms with Crippen molar-refractivity contribution in [3.8, 4) is 21.7 Å². The van der Waals surface area contributed by atoms with Crippen LogP contribution in [0, 0.1) is 13.8 Å². The molecule has 0 aliphatic carbocycles. The first kappa shape index (κ1) is 29.3. The highest BCUT2D eigenvalue weighted by Gasteiger charge is 2.40. The maximum Gasteiger partial charge on any atom is 0.269 e.